The number of rotatable bonds is 8. The van der Waals surface area contributed by atoms with Crippen LogP contribution in [0.25, 0.3) is 11.2 Å². The van der Waals surface area contributed by atoms with Gasteiger partial charge in [-0.15, -0.1) is 0 Å². The summed E-state index contributed by atoms with van der Waals surface area (Å²) >= 11 is 0. The fourth-order valence-corrected chi connectivity index (χ4v) is 4.18. The number of hydrogen-bond donors (Lipinski definition) is 1. The van der Waals surface area contributed by atoms with Gasteiger partial charge in [-0.1, -0.05) is 20.8 Å². The molecule has 1 N–H and O–H groups in total. The van der Waals surface area contributed by atoms with Gasteiger partial charge in [-0.25, -0.2) is 4.98 Å². The molecule has 0 aromatic carbocycles. The van der Waals surface area contributed by atoms with E-state index in [2.05, 4.69) is 46.8 Å². The summed E-state index contributed by atoms with van der Waals surface area (Å²) in [6.45, 7) is 10.5. The van der Waals surface area contributed by atoms with Crippen LogP contribution in [0.15, 0.2) is 36.5 Å². The van der Waals surface area contributed by atoms with Gasteiger partial charge in [-0.3, -0.25) is 19.0 Å². The van der Waals surface area contributed by atoms with Gasteiger partial charge < -0.3 is 14.8 Å². The van der Waals surface area contributed by atoms with Crippen molar-refractivity contribution in [3.8, 4) is 11.6 Å². The second-order valence-electron chi connectivity index (χ2n) is 10.3. The zero-order chi connectivity index (χ0) is 25.4. The van der Waals surface area contributed by atoms with Crippen LogP contribution in [-0.4, -0.2) is 48.3 Å². The van der Waals surface area contributed by atoms with Crippen molar-refractivity contribution in [1.82, 2.24) is 29.3 Å². The summed E-state index contributed by atoms with van der Waals surface area (Å²) in [7, 11) is 1.90. The molecule has 5 heterocycles. The van der Waals surface area contributed by atoms with Crippen molar-refractivity contribution < 1.29 is 14.3 Å². The molecule has 0 unspecified atom stereocenters. The van der Waals surface area contributed by atoms with E-state index in [4.69, 9.17) is 19.6 Å². The summed E-state index contributed by atoms with van der Waals surface area (Å²) in [5, 5.41) is 8.20. The predicted octanol–water partition coefficient (Wildman–Crippen LogP) is 4.17. The SMILES string of the molecule is CC(=O)Cc1cc(Oc2ccc3nc(Nc4cc(C(C)(C)C)n(CC5COC5)n4)n(C)c3n2)ccn1. The van der Waals surface area contributed by atoms with Crippen molar-refractivity contribution in [1.29, 1.82) is 0 Å². The molecule has 0 bridgehead atoms. The molecular weight excluding hydrogens is 458 g/mol. The summed E-state index contributed by atoms with van der Waals surface area (Å²) in [5.74, 6) is 2.93. The largest absolute Gasteiger partial charge is 0.439 e. The van der Waals surface area contributed by atoms with E-state index in [1.165, 1.54) is 6.92 Å². The van der Waals surface area contributed by atoms with Gasteiger partial charge >= 0.3 is 0 Å². The van der Waals surface area contributed by atoms with Crippen molar-refractivity contribution in [2.45, 2.75) is 46.1 Å². The maximum atomic E-state index is 11.4. The van der Waals surface area contributed by atoms with Crippen molar-refractivity contribution >= 4 is 28.7 Å². The quantitative estimate of drug-likeness (QED) is 0.393. The molecule has 0 amide bonds. The molecule has 1 aliphatic heterocycles. The molecule has 1 saturated heterocycles. The molecule has 0 saturated carbocycles. The van der Waals surface area contributed by atoms with Gasteiger partial charge in [0.05, 0.1) is 18.9 Å². The average molecular weight is 490 g/mol. The number of ether oxygens (including phenoxy) is 2. The lowest BCUT2D eigenvalue weighted by Crippen LogP contribution is -2.33. The number of carbonyl (C=O) groups is 1. The molecule has 10 heteroatoms. The second kappa shape index (κ2) is 9.34. The Morgan fingerprint density at radius 3 is 2.69 bits per heavy atom. The molecule has 36 heavy (non-hydrogen) atoms. The third-order valence-electron chi connectivity index (χ3n) is 6.06. The van der Waals surface area contributed by atoms with E-state index in [0.717, 1.165) is 36.8 Å². The summed E-state index contributed by atoms with van der Waals surface area (Å²) in [5.41, 5.74) is 3.18. The Bertz CT molecular complexity index is 1410. The van der Waals surface area contributed by atoms with Crippen LogP contribution in [0.4, 0.5) is 11.8 Å². The van der Waals surface area contributed by atoms with Gasteiger partial charge in [0.2, 0.25) is 11.8 Å². The minimum Gasteiger partial charge on any atom is -0.439 e. The third-order valence-corrected chi connectivity index (χ3v) is 6.06. The van der Waals surface area contributed by atoms with Crippen molar-refractivity contribution in [3.05, 3.63) is 47.9 Å². The van der Waals surface area contributed by atoms with Crippen molar-refractivity contribution in [3.63, 3.8) is 0 Å². The van der Waals surface area contributed by atoms with Gasteiger partial charge in [-0.05, 0) is 19.1 Å². The molecule has 0 spiro atoms. The van der Waals surface area contributed by atoms with E-state index in [9.17, 15) is 4.79 Å². The Kier molecular flexibility index (Phi) is 6.21. The highest BCUT2D eigenvalue weighted by Crippen LogP contribution is 2.29. The number of carbonyl (C=O) groups excluding carboxylic acids is 1. The van der Waals surface area contributed by atoms with Crippen LogP contribution in [0.5, 0.6) is 11.6 Å². The Balaban J connectivity index is 1.38. The third kappa shape index (κ3) is 5.08. The fourth-order valence-electron chi connectivity index (χ4n) is 4.18. The Hall–Kier alpha value is -3.79. The lowest BCUT2D eigenvalue weighted by Gasteiger charge is -2.28. The lowest BCUT2D eigenvalue weighted by atomic mass is 9.92. The van der Waals surface area contributed by atoms with Gasteiger partial charge in [0.25, 0.3) is 0 Å². The Labute approximate surface area is 209 Å². The molecule has 4 aromatic rings. The molecule has 188 valence electrons. The zero-order valence-electron chi connectivity index (χ0n) is 21.3. The maximum absolute atomic E-state index is 11.4. The van der Waals surface area contributed by atoms with E-state index in [-0.39, 0.29) is 17.6 Å². The van der Waals surface area contributed by atoms with Crippen molar-refractivity contribution in [2.75, 3.05) is 18.5 Å². The zero-order valence-corrected chi connectivity index (χ0v) is 21.3. The summed E-state index contributed by atoms with van der Waals surface area (Å²) in [6, 6.07) is 9.23. The van der Waals surface area contributed by atoms with E-state index in [0.29, 0.717) is 34.8 Å². The number of aromatic nitrogens is 6. The smallest absolute Gasteiger partial charge is 0.221 e. The summed E-state index contributed by atoms with van der Waals surface area (Å²) < 4.78 is 15.3. The number of imidazole rings is 1. The van der Waals surface area contributed by atoms with E-state index in [1.54, 1.807) is 24.4 Å². The minimum atomic E-state index is -0.0467. The standard InChI is InChI=1S/C26H31N7O3/c1-16(34)10-18-11-19(8-9-27-18)36-23-7-6-20-24(30-23)32(5)25(28-20)29-22-12-21(26(2,3)4)33(31-22)13-17-14-35-15-17/h6-9,11-12,17H,10,13-15H2,1-5H3,(H,28,29,31). The number of nitrogens with zero attached hydrogens (tertiary/aromatic N) is 6. The van der Waals surface area contributed by atoms with Crippen LogP contribution in [0, 0.1) is 5.92 Å². The summed E-state index contributed by atoms with van der Waals surface area (Å²) in [4.78, 5) is 25.0. The van der Waals surface area contributed by atoms with Gasteiger partial charge in [0.1, 0.15) is 17.0 Å². The average Bonchev–Trinajstić information content (AvgIpc) is 3.32. The second-order valence-corrected chi connectivity index (χ2v) is 10.3. The van der Waals surface area contributed by atoms with Crippen LogP contribution in [0.3, 0.4) is 0 Å². The van der Waals surface area contributed by atoms with E-state index >= 15 is 0 Å². The van der Waals surface area contributed by atoms with Crippen LogP contribution < -0.4 is 10.1 Å². The number of nitrogens with one attached hydrogen (secondary N) is 1. The highest BCUT2D eigenvalue weighted by molar-refractivity contribution is 5.78. The Morgan fingerprint density at radius 2 is 2.00 bits per heavy atom. The first kappa shape index (κ1) is 23.9. The molecule has 1 aliphatic rings. The first-order chi connectivity index (χ1) is 17.2. The molecule has 4 aromatic heterocycles. The van der Waals surface area contributed by atoms with Crippen LogP contribution in [0.1, 0.15) is 39.1 Å². The number of ketones is 1. The van der Waals surface area contributed by atoms with Gasteiger partial charge in [0, 0.05) is 61.4 Å². The Morgan fingerprint density at radius 1 is 1.19 bits per heavy atom. The number of hydrogen-bond acceptors (Lipinski definition) is 8. The number of aryl methyl sites for hydroxylation is 1. The number of fused-ring (bicyclic) bond motifs is 1. The number of pyridine rings is 2. The molecule has 1 fully saturated rings. The summed E-state index contributed by atoms with van der Waals surface area (Å²) in [6.07, 6.45) is 1.89. The van der Waals surface area contributed by atoms with Gasteiger partial charge in [-0.2, -0.15) is 10.1 Å². The van der Waals surface area contributed by atoms with Crippen molar-refractivity contribution in [2.24, 2.45) is 13.0 Å². The number of Topliss-reactive ketones (excluding diaryl/α,β-unsaturated/α-hetero) is 1. The monoisotopic (exact) mass is 489 g/mol. The normalized spacial score (nSPS) is 14.1. The van der Waals surface area contributed by atoms with E-state index in [1.807, 2.05) is 17.7 Å². The molecular formula is C26H31N7O3. The van der Waals surface area contributed by atoms with Crippen LogP contribution in [-0.2, 0) is 35.0 Å². The fraction of sp³-hybridized carbons (Fsp3) is 0.423. The molecule has 5 rings (SSSR count). The maximum Gasteiger partial charge on any atom is 0.221 e. The van der Waals surface area contributed by atoms with E-state index < -0.39 is 0 Å². The van der Waals surface area contributed by atoms with Gasteiger partial charge in [0.15, 0.2) is 11.5 Å². The topological polar surface area (TPSA) is 109 Å². The lowest BCUT2D eigenvalue weighted by molar-refractivity contribution is -0.116. The highest BCUT2D eigenvalue weighted by atomic mass is 16.5. The molecule has 10 nitrogen and oxygen atoms in total. The minimum absolute atomic E-state index is 0.0467. The molecule has 0 atom stereocenters. The molecule has 0 aliphatic carbocycles. The highest BCUT2D eigenvalue weighted by Gasteiger charge is 2.26. The first-order valence-corrected chi connectivity index (χ1v) is 12.0. The molecule has 0 radical (unpaired) electrons. The number of anilines is 2. The van der Waals surface area contributed by atoms with Crippen LogP contribution in [0.2, 0.25) is 0 Å². The predicted molar refractivity (Wildman–Crippen MR) is 136 cm³/mol. The first-order valence-electron chi connectivity index (χ1n) is 12.0. The van der Waals surface area contributed by atoms with Crippen LogP contribution >= 0.6 is 0 Å².